The first kappa shape index (κ1) is 16.1. The number of amides is 1. The number of nitrogens with one attached hydrogen (secondary N) is 1. The highest BCUT2D eigenvalue weighted by Gasteiger charge is 2.13. The number of rotatable bonds is 4. The number of nitrogens with zero attached hydrogens (tertiary/aromatic N) is 2. The molecule has 124 valence electrons. The summed E-state index contributed by atoms with van der Waals surface area (Å²) in [4.78, 5) is 16.7. The van der Waals surface area contributed by atoms with Gasteiger partial charge in [-0.05, 0) is 42.8 Å². The van der Waals surface area contributed by atoms with Crippen molar-refractivity contribution in [1.29, 1.82) is 0 Å². The Labute approximate surface area is 138 Å². The van der Waals surface area contributed by atoms with Crippen LogP contribution in [-0.2, 0) is 7.05 Å². The molecule has 2 aromatic carbocycles. The zero-order valence-electron chi connectivity index (χ0n) is 13.5. The van der Waals surface area contributed by atoms with Crippen LogP contribution in [-0.4, -0.2) is 27.1 Å². The third kappa shape index (κ3) is 3.14. The van der Waals surface area contributed by atoms with E-state index in [0.717, 1.165) is 16.9 Å². The Morgan fingerprint density at radius 2 is 2.00 bits per heavy atom. The number of carbonyl (C=O) groups excluding carboxylic acids is 1. The number of fused-ring (bicyclic) bond motifs is 1. The van der Waals surface area contributed by atoms with E-state index in [2.05, 4.69) is 10.3 Å². The predicted octanol–water partition coefficient (Wildman–Crippen LogP) is 2.48. The summed E-state index contributed by atoms with van der Waals surface area (Å²) in [5.41, 5.74) is 2.73. The van der Waals surface area contributed by atoms with E-state index in [1.54, 1.807) is 12.1 Å². The lowest BCUT2D eigenvalue weighted by atomic mass is 10.1. The molecular weight excluding hydrogens is 309 g/mol. The van der Waals surface area contributed by atoms with E-state index in [-0.39, 0.29) is 18.3 Å². The van der Waals surface area contributed by atoms with Crippen molar-refractivity contribution in [3.8, 4) is 0 Å². The summed E-state index contributed by atoms with van der Waals surface area (Å²) in [7, 11) is 1.92. The van der Waals surface area contributed by atoms with Gasteiger partial charge in [0, 0.05) is 19.2 Å². The van der Waals surface area contributed by atoms with Gasteiger partial charge in [-0.25, -0.2) is 9.37 Å². The van der Waals surface area contributed by atoms with Gasteiger partial charge < -0.3 is 15.0 Å². The minimum absolute atomic E-state index is 0.0454. The Kier molecular flexibility index (Phi) is 4.31. The second-order valence-corrected chi connectivity index (χ2v) is 5.70. The molecule has 3 rings (SSSR count). The highest BCUT2D eigenvalue weighted by Crippen LogP contribution is 2.17. The van der Waals surface area contributed by atoms with Crippen LogP contribution in [0.3, 0.4) is 0 Å². The molecule has 1 heterocycles. The summed E-state index contributed by atoms with van der Waals surface area (Å²) in [6.07, 6.45) is -0.893. The van der Waals surface area contributed by atoms with Gasteiger partial charge in [0.15, 0.2) is 0 Å². The highest BCUT2D eigenvalue weighted by molar-refractivity contribution is 5.97. The van der Waals surface area contributed by atoms with Crippen LogP contribution in [0.5, 0.6) is 0 Å². The predicted molar refractivity (Wildman–Crippen MR) is 89.1 cm³/mol. The Balaban J connectivity index is 1.69. The van der Waals surface area contributed by atoms with Gasteiger partial charge in [-0.15, -0.1) is 0 Å². The van der Waals surface area contributed by atoms with Gasteiger partial charge in [-0.3, -0.25) is 4.79 Å². The van der Waals surface area contributed by atoms with E-state index in [9.17, 15) is 14.3 Å². The Morgan fingerprint density at radius 3 is 2.71 bits per heavy atom. The van der Waals surface area contributed by atoms with Gasteiger partial charge in [-0.2, -0.15) is 0 Å². The second-order valence-electron chi connectivity index (χ2n) is 5.70. The van der Waals surface area contributed by atoms with E-state index in [1.165, 1.54) is 24.3 Å². The number of aliphatic hydroxyl groups excluding tert-OH is 1. The number of aliphatic hydroxyl groups is 1. The minimum atomic E-state index is -0.893. The molecule has 0 aliphatic rings. The van der Waals surface area contributed by atoms with Gasteiger partial charge in [0.2, 0.25) is 0 Å². The molecule has 1 amide bonds. The molecular formula is C18H18FN3O2. The van der Waals surface area contributed by atoms with Crippen LogP contribution in [0, 0.1) is 12.7 Å². The zero-order chi connectivity index (χ0) is 17.3. The molecule has 5 nitrogen and oxygen atoms in total. The summed E-state index contributed by atoms with van der Waals surface area (Å²) in [5, 5.41) is 12.7. The average molecular weight is 327 g/mol. The molecule has 1 unspecified atom stereocenters. The number of aryl methyl sites for hydroxylation is 2. The number of carbonyl (C=O) groups is 1. The number of benzene rings is 2. The molecule has 2 N–H and O–H groups in total. The average Bonchev–Trinajstić information content (AvgIpc) is 2.87. The van der Waals surface area contributed by atoms with Gasteiger partial charge >= 0.3 is 0 Å². The third-order valence-corrected chi connectivity index (χ3v) is 4.08. The lowest BCUT2D eigenvalue weighted by molar-refractivity contribution is 0.0916. The maximum Gasteiger partial charge on any atom is 0.251 e. The van der Waals surface area contributed by atoms with Crippen LogP contribution in [0.15, 0.2) is 42.5 Å². The lowest BCUT2D eigenvalue weighted by Gasteiger charge is -2.12. The number of halogens is 1. The van der Waals surface area contributed by atoms with Crippen molar-refractivity contribution in [3.63, 3.8) is 0 Å². The Bertz CT molecular complexity index is 887. The van der Waals surface area contributed by atoms with Crippen molar-refractivity contribution < 1.29 is 14.3 Å². The fourth-order valence-corrected chi connectivity index (χ4v) is 2.56. The number of hydrogen-bond donors (Lipinski definition) is 2. The van der Waals surface area contributed by atoms with E-state index < -0.39 is 6.10 Å². The zero-order valence-corrected chi connectivity index (χ0v) is 13.5. The summed E-state index contributed by atoms with van der Waals surface area (Å²) < 4.78 is 14.8. The van der Waals surface area contributed by atoms with Crippen LogP contribution >= 0.6 is 0 Å². The van der Waals surface area contributed by atoms with Crippen molar-refractivity contribution in [1.82, 2.24) is 14.9 Å². The van der Waals surface area contributed by atoms with Crippen LogP contribution in [0.4, 0.5) is 4.39 Å². The topological polar surface area (TPSA) is 67.2 Å². The second kappa shape index (κ2) is 6.41. The number of aromatic nitrogens is 2. The first-order chi connectivity index (χ1) is 11.5. The molecule has 0 radical (unpaired) electrons. The Morgan fingerprint density at radius 1 is 1.29 bits per heavy atom. The molecule has 0 aliphatic carbocycles. The summed E-state index contributed by atoms with van der Waals surface area (Å²) >= 11 is 0. The molecule has 0 saturated heterocycles. The normalized spacial score (nSPS) is 12.3. The maximum atomic E-state index is 12.9. The molecule has 0 spiro atoms. The number of hydrogen-bond acceptors (Lipinski definition) is 3. The maximum absolute atomic E-state index is 12.9. The minimum Gasteiger partial charge on any atom is -0.387 e. The third-order valence-electron chi connectivity index (χ3n) is 4.08. The molecule has 0 bridgehead atoms. The van der Waals surface area contributed by atoms with Crippen LogP contribution in [0.1, 0.15) is 27.8 Å². The quantitative estimate of drug-likeness (QED) is 0.774. The van der Waals surface area contributed by atoms with Crippen molar-refractivity contribution in [2.45, 2.75) is 13.0 Å². The largest absolute Gasteiger partial charge is 0.387 e. The van der Waals surface area contributed by atoms with E-state index in [0.29, 0.717) is 11.1 Å². The summed E-state index contributed by atoms with van der Waals surface area (Å²) in [6.45, 7) is 1.95. The Hall–Kier alpha value is -2.73. The SMILES string of the molecule is Cc1nc2cc(C(=O)NCC(O)c3ccc(F)cc3)ccc2n1C. The fourth-order valence-electron chi connectivity index (χ4n) is 2.56. The van der Waals surface area contributed by atoms with Gasteiger partial charge in [0.25, 0.3) is 5.91 Å². The molecule has 0 saturated carbocycles. The van der Waals surface area contributed by atoms with Crippen molar-refractivity contribution in [2.75, 3.05) is 6.54 Å². The molecule has 0 aliphatic heterocycles. The van der Waals surface area contributed by atoms with Crippen LogP contribution in [0.2, 0.25) is 0 Å². The number of imidazole rings is 1. The standard InChI is InChI=1S/C18H18FN3O2/c1-11-21-15-9-13(5-8-16(15)22(11)2)18(24)20-10-17(23)12-3-6-14(19)7-4-12/h3-9,17,23H,10H2,1-2H3,(H,20,24). The van der Waals surface area contributed by atoms with Gasteiger partial charge in [0.1, 0.15) is 11.6 Å². The fraction of sp³-hybridized carbons (Fsp3) is 0.222. The van der Waals surface area contributed by atoms with Crippen molar-refractivity contribution in [2.24, 2.45) is 7.05 Å². The molecule has 0 fully saturated rings. The smallest absolute Gasteiger partial charge is 0.251 e. The molecule has 6 heteroatoms. The molecule has 24 heavy (non-hydrogen) atoms. The highest BCUT2D eigenvalue weighted by atomic mass is 19.1. The van der Waals surface area contributed by atoms with Crippen LogP contribution in [0.25, 0.3) is 11.0 Å². The molecule has 1 atom stereocenters. The van der Waals surface area contributed by atoms with Gasteiger partial charge in [0.05, 0.1) is 17.1 Å². The van der Waals surface area contributed by atoms with E-state index >= 15 is 0 Å². The molecule has 3 aromatic rings. The van der Waals surface area contributed by atoms with Crippen molar-refractivity contribution in [3.05, 3.63) is 65.2 Å². The summed E-state index contributed by atoms with van der Waals surface area (Å²) in [6, 6.07) is 10.8. The van der Waals surface area contributed by atoms with E-state index in [4.69, 9.17) is 0 Å². The van der Waals surface area contributed by atoms with Crippen LogP contribution < -0.4 is 5.32 Å². The summed E-state index contributed by atoms with van der Waals surface area (Å²) in [5.74, 6) is 0.213. The lowest BCUT2D eigenvalue weighted by Crippen LogP contribution is -2.28. The van der Waals surface area contributed by atoms with Gasteiger partial charge in [-0.1, -0.05) is 12.1 Å². The monoisotopic (exact) mass is 327 g/mol. The van der Waals surface area contributed by atoms with Crippen molar-refractivity contribution >= 4 is 16.9 Å². The first-order valence-corrected chi connectivity index (χ1v) is 7.60. The first-order valence-electron chi connectivity index (χ1n) is 7.60. The van der Waals surface area contributed by atoms with E-state index in [1.807, 2.05) is 24.6 Å². The molecule has 1 aromatic heterocycles.